The van der Waals surface area contributed by atoms with Gasteiger partial charge in [-0.3, -0.25) is 4.79 Å². The van der Waals surface area contributed by atoms with Gasteiger partial charge in [0.2, 0.25) is 15.9 Å². The highest BCUT2D eigenvalue weighted by Gasteiger charge is 2.52. The van der Waals surface area contributed by atoms with Gasteiger partial charge in [-0.25, -0.2) is 8.42 Å². The van der Waals surface area contributed by atoms with Crippen molar-refractivity contribution in [2.24, 2.45) is 11.8 Å². The Balaban J connectivity index is 1.24. The second-order valence-corrected chi connectivity index (χ2v) is 14.5. The minimum Gasteiger partial charge on any atom is -0.493 e. The summed E-state index contributed by atoms with van der Waals surface area (Å²) < 4.78 is 68.0. The van der Waals surface area contributed by atoms with Crippen molar-refractivity contribution in [2.45, 2.75) is 61.4 Å². The van der Waals surface area contributed by atoms with Gasteiger partial charge in [-0.05, 0) is 78.6 Å². The molecule has 0 unspecified atom stereocenters. The van der Waals surface area contributed by atoms with E-state index in [1.807, 2.05) is 0 Å². The van der Waals surface area contributed by atoms with Gasteiger partial charge in [-0.1, -0.05) is 67.3 Å². The third kappa shape index (κ3) is 7.04. The minimum absolute atomic E-state index is 0.152. The zero-order valence-electron chi connectivity index (χ0n) is 24.9. The van der Waals surface area contributed by atoms with Crippen LogP contribution in [0.3, 0.4) is 0 Å². The molecule has 1 aliphatic carbocycles. The molecule has 2 N–H and O–H groups in total. The lowest BCUT2D eigenvalue weighted by Gasteiger charge is -2.33. The number of fused-ring (bicyclic) bond motifs is 1. The van der Waals surface area contributed by atoms with Gasteiger partial charge in [0.05, 0.1) is 11.5 Å². The van der Waals surface area contributed by atoms with Gasteiger partial charge < -0.3 is 15.0 Å². The fourth-order valence-electron chi connectivity index (χ4n) is 6.77. The van der Waals surface area contributed by atoms with Gasteiger partial charge >= 0.3 is 0 Å². The molecule has 2 aliphatic heterocycles. The maximum absolute atomic E-state index is 16.4. The highest BCUT2D eigenvalue weighted by molar-refractivity contribution is 7.89. The molecule has 0 bridgehead atoms. The van der Waals surface area contributed by atoms with Gasteiger partial charge in [-0.15, -0.1) is 0 Å². The van der Waals surface area contributed by atoms with E-state index in [1.54, 1.807) is 24.3 Å². The maximum Gasteiger partial charge on any atom is 0.298 e. The number of benzene rings is 3. The van der Waals surface area contributed by atoms with E-state index in [2.05, 4.69) is 10.0 Å². The van der Waals surface area contributed by atoms with E-state index >= 15 is 8.78 Å². The summed E-state index contributed by atoms with van der Waals surface area (Å²) in [6, 6.07) is 15.6. The number of likely N-dealkylation sites (tertiary alicyclic amines) is 1. The zero-order chi connectivity index (χ0) is 31.6. The highest BCUT2D eigenvalue weighted by atomic mass is 35.5. The molecule has 0 aromatic heterocycles. The first-order valence-electron chi connectivity index (χ1n) is 15.6. The van der Waals surface area contributed by atoms with Gasteiger partial charge in [0.25, 0.3) is 5.92 Å². The average molecular weight is 658 g/mol. The van der Waals surface area contributed by atoms with Gasteiger partial charge in [-0.2, -0.15) is 13.5 Å². The lowest BCUT2D eigenvalue weighted by Crippen LogP contribution is -2.57. The fraction of sp³-hybridized carbons (Fsp3) is 0.441. The Labute approximate surface area is 268 Å². The predicted octanol–water partition coefficient (Wildman–Crippen LogP) is 6.23. The molecule has 7 nitrogen and oxygen atoms in total. The lowest BCUT2D eigenvalue weighted by molar-refractivity contribution is -0.145. The zero-order valence-corrected chi connectivity index (χ0v) is 26.5. The quantitative estimate of drug-likeness (QED) is 0.270. The largest absolute Gasteiger partial charge is 0.493 e. The van der Waals surface area contributed by atoms with Gasteiger partial charge in [0.1, 0.15) is 5.75 Å². The van der Waals surface area contributed by atoms with E-state index in [0.29, 0.717) is 54.9 Å². The molecule has 3 aromatic carbocycles. The molecule has 0 spiro atoms. The number of carbonyl (C=O) groups is 1. The first-order chi connectivity index (χ1) is 21.6. The number of nitrogens with one attached hydrogen (secondary N) is 2. The van der Waals surface area contributed by atoms with Crippen LogP contribution in [0, 0.1) is 11.8 Å². The molecule has 3 fully saturated rings. The van der Waals surface area contributed by atoms with Crippen molar-refractivity contribution in [3.63, 3.8) is 0 Å². The molecule has 11 heteroatoms. The highest BCUT2D eigenvalue weighted by Crippen LogP contribution is 2.37. The Hall–Kier alpha value is -3.05. The molecule has 3 aliphatic rings. The van der Waals surface area contributed by atoms with E-state index in [1.165, 1.54) is 72.7 Å². The Bertz CT molecular complexity index is 1580. The van der Waals surface area contributed by atoms with Crippen LogP contribution < -0.4 is 14.8 Å². The summed E-state index contributed by atoms with van der Waals surface area (Å²) in [5.41, 5.74) is 0.999. The summed E-state index contributed by atoms with van der Waals surface area (Å²) in [5, 5.41) is 3.77. The number of hydrogen-bond donors (Lipinski definition) is 2. The number of halogens is 3. The Morgan fingerprint density at radius 2 is 1.58 bits per heavy atom. The summed E-state index contributed by atoms with van der Waals surface area (Å²) in [6.45, 7) is 2.03. The average Bonchev–Trinajstić information content (AvgIpc) is 3.68. The van der Waals surface area contributed by atoms with E-state index in [-0.39, 0.29) is 16.9 Å². The van der Waals surface area contributed by atoms with Crippen LogP contribution in [0.1, 0.15) is 44.1 Å². The molecule has 0 radical (unpaired) electrons. The van der Waals surface area contributed by atoms with E-state index in [0.717, 1.165) is 18.4 Å². The summed E-state index contributed by atoms with van der Waals surface area (Å²) >= 11 is 5.98. The Morgan fingerprint density at radius 1 is 0.933 bits per heavy atom. The number of nitrogens with zero attached hydrogens (tertiary/aromatic N) is 1. The number of amides is 1. The Kier molecular flexibility index (Phi) is 9.47. The molecule has 6 rings (SSSR count). The lowest BCUT2D eigenvalue weighted by atomic mass is 9.90. The third-order valence-electron chi connectivity index (χ3n) is 9.40. The predicted molar refractivity (Wildman–Crippen MR) is 170 cm³/mol. The summed E-state index contributed by atoms with van der Waals surface area (Å²) in [4.78, 5) is 15.1. The minimum atomic E-state index is -4.52. The van der Waals surface area contributed by atoms with Crippen molar-refractivity contribution in [3.05, 3.63) is 83.4 Å². The van der Waals surface area contributed by atoms with E-state index in [4.69, 9.17) is 16.3 Å². The first-order valence-corrected chi connectivity index (χ1v) is 17.5. The monoisotopic (exact) mass is 657 g/mol. The van der Waals surface area contributed by atoms with Gasteiger partial charge in [0.15, 0.2) is 6.04 Å². The van der Waals surface area contributed by atoms with Crippen LogP contribution >= 0.6 is 11.6 Å². The van der Waals surface area contributed by atoms with Crippen LogP contribution in [0.2, 0.25) is 5.02 Å². The van der Waals surface area contributed by atoms with E-state index < -0.39 is 33.5 Å². The number of sulfonamides is 1. The number of carbonyl (C=O) groups excluding carboxylic acids is 1. The standard InChI is InChI=1S/C34H38ClF2N3O4S/c35-28-12-8-25(9-13-28)24-6-10-27(11-7-24)34(36,37)32(33(41)40-19-18-26-20-38-21-31(26)40)39-45(42,43)30-16-14-29(15-17-30)44-22-23-4-2-1-3-5-23/h6-17,23,26,31-32,38-39H,1-5,18-22H2/t26-,31+,32+/m1/s1. The second kappa shape index (κ2) is 13.4. The summed E-state index contributed by atoms with van der Waals surface area (Å²) in [6.07, 6.45) is 6.50. The molecule has 1 amide bonds. The molecular weight excluding hydrogens is 620 g/mol. The molecule has 2 heterocycles. The summed E-state index contributed by atoms with van der Waals surface area (Å²) in [7, 11) is -4.52. The third-order valence-corrected chi connectivity index (χ3v) is 11.1. The molecule has 3 aromatic rings. The summed E-state index contributed by atoms with van der Waals surface area (Å²) in [5.74, 6) is -3.65. The van der Waals surface area contributed by atoms with Crippen LogP contribution in [-0.2, 0) is 20.7 Å². The van der Waals surface area contributed by atoms with Crippen molar-refractivity contribution in [2.75, 3.05) is 26.2 Å². The number of ether oxygens (including phenoxy) is 1. The second-order valence-electron chi connectivity index (χ2n) is 12.4. The van der Waals surface area contributed by atoms with Crippen LogP contribution in [0.25, 0.3) is 11.1 Å². The molecular formula is C34H38ClF2N3O4S. The van der Waals surface area contributed by atoms with E-state index in [9.17, 15) is 13.2 Å². The maximum atomic E-state index is 16.4. The van der Waals surface area contributed by atoms with Gasteiger partial charge in [0, 0.05) is 36.3 Å². The smallest absolute Gasteiger partial charge is 0.298 e. The molecule has 2 saturated heterocycles. The van der Waals surface area contributed by atoms with Crippen LogP contribution in [0.4, 0.5) is 8.78 Å². The van der Waals surface area contributed by atoms with Crippen LogP contribution in [0.15, 0.2) is 77.7 Å². The van der Waals surface area contributed by atoms with Crippen molar-refractivity contribution >= 4 is 27.5 Å². The topological polar surface area (TPSA) is 87.7 Å². The fourth-order valence-corrected chi connectivity index (χ4v) is 8.08. The number of hydrogen-bond acceptors (Lipinski definition) is 5. The normalized spacial score (nSPS) is 21.4. The van der Waals surface area contributed by atoms with Crippen molar-refractivity contribution in [1.82, 2.24) is 14.9 Å². The van der Waals surface area contributed by atoms with Crippen molar-refractivity contribution < 1.29 is 26.7 Å². The van der Waals surface area contributed by atoms with Crippen LogP contribution in [0.5, 0.6) is 5.75 Å². The number of rotatable bonds is 10. The molecule has 3 atom stereocenters. The molecule has 45 heavy (non-hydrogen) atoms. The molecule has 1 saturated carbocycles. The van der Waals surface area contributed by atoms with Crippen molar-refractivity contribution in [3.8, 4) is 16.9 Å². The first kappa shape index (κ1) is 31.9. The molecule has 240 valence electrons. The Morgan fingerprint density at radius 3 is 2.24 bits per heavy atom. The van der Waals surface area contributed by atoms with Crippen LogP contribution in [-0.4, -0.2) is 57.5 Å². The van der Waals surface area contributed by atoms with Crippen molar-refractivity contribution in [1.29, 1.82) is 0 Å². The SMILES string of the molecule is O=C([C@H](NS(=O)(=O)c1ccc(OCC2CCCCC2)cc1)C(F)(F)c1ccc(-c2ccc(Cl)cc2)cc1)N1CC[C@@H]2CNC[C@@H]21. The number of alkyl halides is 2.